The first-order valence-electron chi connectivity index (χ1n) is 7.63. The molecular formula is C17H22N4O2S. The second kappa shape index (κ2) is 7.44. The summed E-state index contributed by atoms with van der Waals surface area (Å²) in [4.78, 5) is 24.4. The quantitative estimate of drug-likeness (QED) is 0.777. The molecule has 2 aromatic rings. The van der Waals surface area contributed by atoms with E-state index < -0.39 is 0 Å². The Labute approximate surface area is 145 Å². The molecule has 0 spiro atoms. The number of amides is 2. The van der Waals surface area contributed by atoms with E-state index in [2.05, 4.69) is 20.3 Å². The molecule has 3 N–H and O–H groups in total. The van der Waals surface area contributed by atoms with Gasteiger partial charge in [0.1, 0.15) is 5.00 Å². The van der Waals surface area contributed by atoms with Gasteiger partial charge >= 0.3 is 0 Å². The molecule has 0 atom stereocenters. The molecule has 128 valence electrons. The van der Waals surface area contributed by atoms with Gasteiger partial charge in [0.2, 0.25) is 5.91 Å². The van der Waals surface area contributed by atoms with Gasteiger partial charge in [-0.25, -0.2) is 0 Å². The number of carbonyl (C=O) groups excluding carboxylic acids is 2. The first-order chi connectivity index (χ1) is 11.3. The predicted octanol–water partition coefficient (Wildman–Crippen LogP) is 2.79. The summed E-state index contributed by atoms with van der Waals surface area (Å²) >= 11 is 1.22. The smallest absolute Gasteiger partial charge is 0.256 e. The summed E-state index contributed by atoms with van der Waals surface area (Å²) < 4.78 is 4.15. The minimum absolute atomic E-state index is 0.0932. The lowest BCUT2D eigenvalue weighted by Crippen LogP contribution is -2.33. The molecule has 0 aliphatic heterocycles. The monoisotopic (exact) mass is 346 g/mol. The zero-order valence-electron chi connectivity index (χ0n) is 14.5. The van der Waals surface area contributed by atoms with Crippen LogP contribution in [0, 0.1) is 27.7 Å². The van der Waals surface area contributed by atoms with Crippen molar-refractivity contribution in [2.24, 2.45) is 0 Å². The summed E-state index contributed by atoms with van der Waals surface area (Å²) in [5, 5.41) is 9.14. The van der Waals surface area contributed by atoms with E-state index in [0.717, 1.165) is 22.4 Å². The average molecular weight is 346 g/mol. The second-order valence-electron chi connectivity index (χ2n) is 5.73. The number of hydrogen-bond acceptors (Lipinski definition) is 5. The summed E-state index contributed by atoms with van der Waals surface area (Å²) in [7, 11) is 1.74. The van der Waals surface area contributed by atoms with Gasteiger partial charge in [0.15, 0.2) is 0 Å². The molecule has 1 heterocycles. The summed E-state index contributed by atoms with van der Waals surface area (Å²) in [6, 6.07) is 4.03. The topological polar surface area (TPSA) is 83.1 Å². The highest BCUT2D eigenvalue weighted by Crippen LogP contribution is 2.24. The maximum absolute atomic E-state index is 12.3. The van der Waals surface area contributed by atoms with Gasteiger partial charge in [0, 0.05) is 12.7 Å². The Bertz CT molecular complexity index is 760. The number of aromatic nitrogens is 1. The molecule has 0 unspecified atom stereocenters. The Morgan fingerprint density at radius 2 is 1.75 bits per heavy atom. The van der Waals surface area contributed by atoms with Crippen molar-refractivity contribution in [3.63, 3.8) is 0 Å². The molecule has 0 radical (unpaired) electrons. The highest BCUT2D eigenvalue weighted by Gasteiger charge is 2.18. The van der Waals surface area contributed by atoms with Gasteiger partial charge in [-0.1, -0.05) is 17.7 Å². The van der Waals surface area contributed by atoms with Gasteiger partial charge in [0.05, 0.1) is 17.8 Å². The minimum atomic E-state index is -0.307. The van der Waals surface area contributed by atoms with Crippen LogP contribution < -0.4 is 16.0 Å². The van der Waals surface area contributed by atoms with Crippen LogP contribution in [-0.4, -0.2) is 29.8 Å². The molecule has 0 saturated heterocycles. The van der Waals surface area contributed by atoms with Crippen LogP contribution in [-0.2, 0) is 4.79 Å². The molecule has 1 aromatic carbocycles. The van der Waals surface area contributed by atoms with Crippen LogP contribution in [0.15, 0.2) is 12.1 Å². The van der Waals surface area contributed by atoms with Crippen molar-refractivity contribution in [3.05, 3.63) is 40.1 Å². The number of benzene rings is 1. The lowest BCUT2D eigenvalue weighted by atomic mass is 10.1. The molecular weight excluding hydrogens is 324 g/mol. The Balaban J connectivity index is 2.01. The van der Waals surface area contributed by atoms with Crippen LogP contribution in [0.25, 0.3) is 0 Å². The average Bonchev–Trinajstić information content (AvgIpc) is 2.89. The van der Waals surface area contributed by atoms with Crippen molar-refractivity contribution in [2.75, 3.05) is 24.2 Å². The zero-order valence-corrected chi connectivity index (χ0v) is 15.4. The second-order valence-corrected chi connectivity index (χ2v) is 6.50. The molecule has 2 rings (SSSR count). The highest BCUT2D eigenvalue weighted by atomic mass is 32.1. The molecule has 0 aliphatic carbocycles. The third-order valence-corrected chi connectivity index (χ3v) is 4.62. The van der Waals surface area contributed by atoms with E-state index in [0.29, 0.717) is 16.3 Å². The normalized spacial score (nSPS) is 10.4. The largest absolute Gasteiger partial charge is 0.378 e. The van der Waals surface area contributed by atoms with E-state index in [-0.39, 0.29) is 18.4 Å². The molecule has 1 aromatic heterocycles. The Hall–Kier alpha value is -2.41. The number of anilines is 2. The molecule has 7 heteroatoms. The van der Waals surface area contributed by atoms with E-state index >= 15 is 0 Å². The number of nitrogens with zero attached hydrogens (tertiary/aromatic N) is 1. The van der Waals surface area contributed by atoms with Crippen LogP contribution in [0.1, 0.15) is 32.7 Å². The molecule has 0 saturated carbocycles. The van der Waals surface area contributed by atoms with Crippen molar-refractivity contribution in [1.29, 1.82) is 0 Å². The molecule has 2 amide bonds. The first-order valence-corrected chi connectivity index (χ1v) is 8.40. The van der Waals surface area contributed by atoms with E-state index in [1.807, 2.05) is 32.9 Å². The molecule has 0 fully saturated rings. The predicted molar refractivity (Wildman–Crippen MR) is 98.0 cm³/mol. The Morgan fingerprint density at radius 3 is 2.33 bits per heavy atom. The van der Waals surface area contributed by atoms with E-state index in [1.165, 1.54) is 11.5 Å². The van der Waals surface area contributed by atoms with Gasteiger partial charge in [-0.3, -0.25) is 9.59 Å². The van der Waals surface area contributed by atoms with Gasteiger partial charge in [-0.05, 0) is 50.4 Å². The van der Waals surface area contributed by atoms with Gasteiger partial charge in [0.25, 0.3) is 5.91 Å². The van der Waals surface area contributed by atoms with Crippen LogP contribution in [0.5, 0.6) is 0 Å². The van der Waals surface area contributed by atoms with Crippen molar-refractivity contribution in [2.45, 2.75) is 27.7 Å². The van der Waals surface area contributed by atoms with Crippen molar-refractivity contribution in [1.82, 2.24) is 9.69 Å². The third-order valence-electron chi connectivity index (χ3n) is 3.67. The van der Waals surface area contributed by atoms with E-state index in [4.69, 9.17) is 0 Å². The van der Waals surface area contributed by atoms with Crippen LogP contribution in [0.3, 0.4) is 0 Å². The van der Waals surface area contributed by atoms with Crippen molar-refractivity contribution < 1.29 is 9.59 Å². The number of hydrogen-bond donors (Lipinski definition) is 3. The van der Waals surface area contributed by atoms with Crippen LogP contribution in [0.2, 0.25) is 0 Å². The molecule has 24 heavy (non-hydrogen) atoms. The fourth-order valence-corrected chi connectivity index (χ4v) is 3.36. The third kappa shape index (κ3) is 3.91. The van der Waals surface area contributed by atoms with Crippen molar-refractivity contribution >= 4 is 34.0 Å². The lowest BCUT2D eigenvalue weighted by Gasteiger charge is -2.13. The lowest BCUT2D eigenvalue weighted by molar-refractivity contribution is -0.115. The number of carbonyl (C=O) groups is 2. The Kier molecular flexibility index (Phi) is 5.56. The maximum Gasteiger partial charge on any atom is 0.256 e. The zero-order chi connectivity index (χ0) is 17.9. The molecule has 6 nitrogen and oxygen atoms in total. The first kappa shape index (κ1) is 17.9. The molecule has 0 aliphatic rings. The summed E-state index contributed by atoms with van der Waals surface area (Å²) in [5.41, 5.74) is 5.08. The number of nitrogens with one attached hydrogen (secondary N) is 3. The van der Waals surface area contributed by atoms with Gasteiger partial charge < -0.3 is 16.0 Å². The van der Waals surface area contributed by atoms with E-state index in [1.54, 1.807) is 14.0 Å². The fourth-order valence-electron chi connectivity index (χ4n) is 2.62. The Morgan fingerprint density at radius 1 is 1.12 bits per heavy atom. The summed E-state index contributed by atoms with van der Waals surface area (Å²) in [6.07, 6.45) is 0. The molecule has 0 bridgehead atoms. The minimum Gasteiger partial charge on any atom is -0.378 e. The van der Waals surface area contributed by atoms with Crippen molar-refractivity contribution in [3.8, 4) is 0 Å². The van der Waals surface area contributed by atoms with E-state index in [9.17, 15) is 9.59 Å². The van der Waals surface area contributed by atoms with Gasteiger partial charge in [-0.2, -0.15) is 4.37 Å². The maximum atomic E-state index is 12.3. The fraction of sp³-hybridized carbons (Fsp3) is 0.353. The highest BCUT2D eigenvalue weighted by molar-refractivity contribution is 7.10. The summed E-state index contributed by atoms with van der Waals surface area (Å²) in [6.45, 7) is 7.60. The SMILES string of the molecule is CNc1snc(C)c1C(=O)NCC(=O)Nc1c(C)cc(C)cc1C. The van der Waals surface area contributed by atoms with Crippen LogP contribution in [0.4, 0.5) is 10.7 Å². The standard InChI is InChI=1S/C17H22N4O2S/c1-9-6-10(2)15(11(3)7-9)20-13(22)8-19-16(23)14-12(4)21-24-17(14)18-5/h6-7,18H,8H2,1-5H3,(H,19,23)(H,20,22). The van der Waals surface area contributed by atoms with Crippen LogP contribution >= 0.6 is 11.5 Å². The number of aryl methyl sites for hydroxylation is 4. The number of rotatable bonds is 5. The summed E-state index contributed by atoms with van der Waals surface area (Å²) in [5.74, 6) is -0.566. The van der Waals surface area contributed by atoms with Gasteiger partial charge in [-0.15, -0.1) is 0 Å².